The van der Waals surface area contributed by atoms with E-state index in [1.54, 1.807) is 23.1 Å². The zero-order valence-corrected chi connectivity index (χ0v) is 10.2. The fraction of sp³-hybridized carbons (Fsp3) is 0.400. The van der Waals surface area contributed by atoms with Crippen molar-refractivity contribution in [3.63, 3.8) is 0 Å². The second-order valence-electron chi connectivity index (χ2n) is 3.95. The zero-order valence-electron chi connectivity index (χ0n) is 10.2. The van der Waals surface area contributed by atoms with Crippen LogP contribution in [0.15, 0.2) is 18.5 Å². The van der Waals surface area contributed by atoms with E-state index in [4.69, 9.17) is 10.6 Å². The first-order valence-corrected chi connectivity index (χ1v) is 5.92. The highest BCUT2D eigenvalue weighted by atomic mass is 16.5. The van der Waals surface area contributed by atoms with Crippen LogP contribution in [0.25, 0.3) is 5.95 Å². The molecule has 0 aliphatic carbocycles. The van der Waals surface area contributed by atoms with Gasteiger partial charge < -0.3 is 9.64 Å². The summed E-state index contributed by atoms with van der Waals surface area (Å²) >= 11 is 0. The molecule has 0 aromatic carbocycles. The van der Waals surface area contributed by atoms with E-state index < -0.39 is 0 Å². The van der Waals surface area contributed by atoms with Crippen molar-refractivity contribution in [2.75, 3.05) is 36.6 Å². The van der Waals surface area contributed by atoms with Gasteiger partial charge in [0.25, 0.3) is 5.95 Å². The number of nitrogens with zero attached hydrogens (tertiary/aromatic N) is 6. The lowest BCUT2D eigenvalue weighted by atomic mass is 10.4. The van der Waals surface area contributed by atoms with Gasteiger partial charge in [-0.2, -0.15) is 20.1 Å². The quantitative estimate of drug-likeness (QED) is 0.545. The maximum atomic E-state index is 5.39. The minimum absolute atomic E-state index is 0.307. The second-order valence-corrected chi connectivity index (χ2v) is 3.95. The Balaban J connectivity index is 1.97. The Bertz CT molecular complexity index is 536. The third-order valence-electron chi connectivity index (χ3n) is 2.74. The standard InChI is InChI=1S/C10H14N8O/c11-16-8-13-9(17-4-6-19-7-5-17)15-10(14-8)18-3-1-2-12-18/h1-3H,4-7,11H2,(H,13,14,15,16). The van der Waals surface area contributed by atoms with Gasteiger partial charge in [0.05, 0.1) is 13.2 Å². The van der Waals surface area contributed by atoms with Crippen LogP contribution in [0, 0.1) is 0 Å². The molecule has 3 heterocycles. The fourth-order valence-corrected chi connectivity index (χ4v) is 1.81. The lowest BCUT2D eigenvalue weighted by molar-refractivity contribution is 0.122. The number of hydrogen-bond donors (Lipinski definition) is 2. The molecule has 0 radical (unpaired) electrons. The van der Waals surface area contributed by atoms with Gasteiger partial charge in [0.2, 0.25) is 11.9 Å². The van der Waals surface area contributed by atoms with Crippen LogP contribution >= 0.6 is 0 Å². The molecular weight excluding hydrogens is 248 g/mol. The second kappa shape index (κ2) is 5.16. The number of rotatable bonds is 3. The first kappa shape index (κ1) is 11.8. The molecule has 0 unspecified atom stereocenters. The highest BCUT2D eigenvalue weighted by Crippen LogP contribution is 2.13. The zero-order chi connectivity index (χ0) is 13.1. The fourth-order valence-electron chi connectivity index (χ4n) is 1.81. The van der Waals surface area contributed by atoms with E-state index in [0.717, 1.165) is 13.1 Å². The van der Waals surface area contributed by atoms with Crippen LogP contribution in [0.1, 0.15) is 0 Å². The highest BCUT2D eigenvalue weighted by molar-refractivity contribution is 5.39. The molecule has 0 bridgehead atoms. The van der Waals surface area contributed by atoms with Crippen LogP contribution in [0.2, 0.25) is 0 Å². The summed E-state index contributed by atoms with van der Waals surface area (Å²) in [4.78, 5) is 14.9. The van der Waals surface area contributed by atoms with Gasteiger partial charge in [-0.3, -0.25) is 5.43 Å². The van der Waals surface area contributed by atoms with Gasteiger partial charge in [0.15, 0.2) is 0 Å². The molecule has 2 aromatic heterocycles. The number of nitrogens with one attached hydrogen (secondary N) is 1. The molecule has 3 N–H and O–H groups in total. The third kappa shape index (κ3) is 2.46. The molecule has 2 aromatic rings. The predicted octanol–water partition coefficient (Wildman–Crippen LogP) is -0.820. The van der Waals surface area contributed by atoms with Crippen molar-refractivity contribution < 1.29 is 4.74 Å². The Morgan fingerprint density at radius 2 is 1.95 bits per heavy atom. The van der Waals surface area contributed by atoms with Crippen LogP contribution in [-0.2, 0) is 4.74 Å². The third-order valence-corrected chi connectivity index (χ3v) is 2.74. The Hall–Kier alpha value is -2.26. The summed E-state index contributed by atoms with van der Waals surface area (Å²) in [7, 11) is 0. The number of hydrazine groups is 1. The Morgan fingerprint density at radius 1 is 1.16 bits per heavy atom. The molecule has 1 fully saturated rings. The predicted molar refractivity (Wildman–Crippen MR) is 67.8 cm³/mol. The van der Waals surface area contributed by atoms with E-state index in [1.165, 1.54) is 0 Å². The Kier molecular flexibility index (Phi) is 3.21. The normalized spacial score (nSPS) is 15.5. The SMILES string of the molecule is NNc1nc(N2CCOCC2)nc(-n2cccn2)n1. The molecule has 1 saturated heterocycles. The maximum Gasteiger partial charge on any atom is 0.257 e. The summed E-state index contributed by atoms with van der Waals surface area (Å²) < 4.78 is 6.87. The van der Waals surface area contributed by atoms with Crippen LogP contribution in [0.4, 0.5) is 11.9 Å². The van der Waals surface area contributed by atoms with Crippen LogP contribution < -0.4 is 16.2 Å². The number of nitrogen functional groups attached to an aromatic ring is 1. The average Bonchev–Trinajstić information content (AvgIpc) is 3.02. The molecule has 1 aliphatic heterocycles. The largest absolute Gasteiger partial charge is 0.378 e. The van der Waals surface area contributed by atoms with Crippen LogP contribution in [0.5, 0.6) is 0 Å². The molecule has 9 nitrogen and oxygen atoms in total. The molecule has 0 amide bonds. The number of ether oxygens (including phenoxy) is 1. The molecule has 3 rings (SSSR count). The summed E-state index contributed by atoms with van der Waals surface area (Å²) in [6, 6.07) is 1.80. The topological polar surface area (TPSA) is 107 Å². The molecular formula is C10H14N8O. The molecule has 100 valence electrons. The van der Waals surface area contributed by atoms with Gasteiger partial charge >= 0.3 is 0 Å². The number of nitrogens with two attached hydrogens (primary N) is 1. The van der Waals surface area contributed by atoms with Gasteiger partial charge in [-0.25, -0.2) is 10.5 Å². The van der Waals surface area contributed by atoms with Crippen molar-refractivity contribution in [1.82, 2.24) is 24.7 Å². The smallest absolute Gasteiger partial charge is 0.257 e. The van der Waals surface area contributed by atoms with E-state index in [9.17, 15) is 0 Å². The van der Waals surface area contributed by atoms with Crippen molar-refractivity contribution in [3.05, 3.63) is 18.5 Å². The van der Waals surface area contributed by atoms with Crippen LogP contribution in [0.3, 0.4) is 0 Å². The van der Waals surface area contributed by atoms with E-state index >= 15 is 0 Å². The molecule has 19 heavy (non-hydrogen) atoms. The van der Waals surface area contributed by atoms with Gasteiger partial charge in [0.1, 0.15) is 0 Å². The molecule has 0 saturated carbocycles. The number of hydrogen-bond acceptors (Lipinski definition) is 8. The molecule has 0 atom stereocenters. The van der Waals surface area contributed by atoms with Crippen LogP contribution in [-0.4, -0.2) is 51.0 Å². The van der Waals surface area contributed by atoms with Crippen molar-refractivity contribution >= 4 is 11.9 Å². The monoisotopic (exact) mass is 262 g/mol. The van der Waals surface area contributed by atoms with E-state index in [0.29, 0.717) is 31.1 Å². The lowest BCUT2D eigenvalue weighted by Gasteiger charge is -2.26. The Labute approximate surface area is 109 Å². The van der Waals surface area contributed by atoms with Gasteiger partial charge in [-0.05, 0) is 6.07 Å². The average molecular weight is 262 g/mol. The summed E-state index contributed by atoms with van der Waals surface area (Å²) in [5.41, 5.74) is 2.45. The summed E-state index contributed by atoms with van der Waals surface area (Å²) in [6.45, 7) is 2.81. The van der Waals surface area contributed by atoms with Crippen molar-refractivity contribution in [2.24, 2.45) is 5.84 Å². The minimum Gasteiger partial charge on any atom is -0.378 e. The van der Waals surface area contributed by atoms with Gasteiger partial charge in [0, 0.05) is 25.5 Å². The van der Waals surface area contributed by atoms with E-state index in [2.05, 4.69) is 25.5 Å². The maximum absolute atomic E-state index is 5.39. The summed E-state index contributed by atoms with van der Waals surface area (Å²) in [6.07, 6.45) is 3.42. The van der Waals surface area contributed by atoms with Gasteiger partial charge in [-0.1, -0.05) is 0 Å². The number of morpholine rings is 1. The Morgan fingerprint density at radius 3 is 2.63 bits per heavy atom. The molecule has 0 spiro atoms. The van der Waals surface area contributed by atoms with Crippen molar-refractivity contribution in [2.45, 2.75) is 0 Å². The molecule has 9 heteroatoms. The number of aromatic nitrogens is 5. The molecule has 1 aliphatic rings. The van der Waals surface area contributed by atoms with Crippen molar-refractivity contribution in [1.29, 1.82) is 0 Å². The van der Waals surface area contributed by atoms with Crippen molar-refractivity contribution in [3.8, 4) is 5.95 Å². The number of anilines is 2. The van der Waals surface area contributed by atoms with E-state index in [1.807, 2.05) is 4.90 Å². The van der Waals surface area contributed by atoms with Gasteiger partial charge in [-0.15, -0.1) is 0 Å². The lowest BCUT2D eigenvalue weighted by Crippen LogP contribution is -2.37. The first-order chi connectivity index (χ1) is 9.36. The highest BCUT2D eigenvalue weighted by Gasteiger charge is 2.16. The van der Waals surface area contributed by atoms with E-state index in [-0.39, 0.29) is 0 Å². The summed E-state index contributed by atoms with van der Waals surface area (Å²) in [5, 5.41) is 4.10. The summed E-state index contributed by atoms with van der Waals surface area (Å²) in [5.74, 6) is 6.69. The minimum atomic E-state index is 0.307. The first-order valence-electron chi connectivity index (χ1n) is 5.92.